The molecule has 0 spiro atoms. The van der Waals surface area contributed by atoms with Gasteiger partial charge in [0.1, 0.15) is 5.75 Å². The lowest BCUT2D eigenvalue weighted by molar-refractivity contribution is 0.0306. The number of aromatic hydroxyl groups is 1. The van der Waals surface area contributed by atoms with E-state index < -0.39 is 0 Å². The standard InChI is InChI=1S/C26H35N3O2/c1-6-14-28-17-20(4)29(18-19(28)3)25(22-11-9-13-24(30)16-22)21-10-8-12-23(15-21)26(31)27(5)7-2/h6,8-13,15-16,19-20,25,30H,1,7,14,17-18H2,2-5H3. The van der Waals surface area contributed by atoms with Gasteiger partial charge in [-0.2, -0.15) is 0 Å². The summed E-state index contributed by atoms with van der Waals surface area (Å²) in [4.78, 5) is 19.5. The monoisotopic (exact) mass is 421 g/mol. The average Bonchev–Trinajstić information content (AvgIpc) is 2.76. The number of carbonyl (C=O) groups is 1. The summed E-state index contributed by atoms with van der Waals surface area (Å²) in [5.74, 6) is 0.280. The first-order valence-electron chi connectivity index (χ1n) is 11.1. The summed E-state index contributed by atoms with van der Waals surface area (Å²) >= 11 is 0. The van der Waals surface area contributed by atoms with Gasteiger partial charge in [0, 0.05) is 50.9 Å². The molecule has 0 aromatic heterocycles. The van der Waals surface area contributed by atoms with E-state index in [4.69, 9.17) is 0 Å². The van der Waals surface area contributed by atoms with E-state index in [-0.39, 0.29) is 17.7 Å². The molecule has 5 heteroatoms. The van der Waals surface area contributed by atoms with Crippen molar-refractivity contribution in [3.05, 3.63) is 77.9 Å². The Morgan fingerprint density at radius 1 is 1.16 bits per heavy atom. The molecule has 0 radical (unpaired) electrons. The SMILES string of the molecule is C=CCN1CC(C)N(C(c2cccc(O)c2)c2cccc(C(=O)N(C)CC)c2)CC1C. The number of piperazine rings is 1. The van der Waals surface area contributed by atoms with E-state index in [2.05, 4.69) is 42.4 Å². The molecule has 0 bridgehead atoms. The van der Waals surface area contributed by atoms with Crippen molar-refractivity contribution in [2.24, 2.45) is 0 Å². The Labute approximate surface area is 186 Å². The predicted octanol–water partition coefficient (Wildman–Crippen LogP) is 4.15. The summed E-state index contributed by atoms with van der Waals surface area (Å²) in [6.07, 6.45) is 1.96. The summed E-state index contributed by atoms with van der Waals surface area (Å²) < 4.78 is 0. The molecule has 1 N–H and O–H groups in total. The van der Waals surface area contributed by atoms with Gasteiger partial charge >= 0.3 is 0 Å². The number of nitrogens with zero attached hydrogens (tertiary/aromatic N) is 3. The highest BCUT2D eigenvalue weighted by Gasteiger charge is 2.34. The molecule has 0 aliphatic carbocycles. The second-order valence-corrected chi connectivity index (χ2v) is 8.58. The van der Waals surface area contributed by atoms with Crippen LogP contribution in [0.25, 0.3) is 0 Å². The van der Waals surface area contributed by atoms with Crippen LogP contribution < -0.4 is 0 Å². The number of benzene rings is 2. The molecule has 1 aliphatic heterocycles. The first-order valence-corrected chi connectivity index (χ1v) is 11.1. The van der Waals surface area contributed by atoms with Gasteiger partial charge < -0.3 is 10.0 Å². The molecule has 1 saturated heterocycles. The minimum absolute atomic E-state index is 0.0243. The Hall–Kier alpha value is -2.63. The van der Waals surface area contributed by atoms with Crippen LogP contribution in [0.1, 0.15) is 48.3 Å². The van der Waals surface area contributed by atoms with E-state index in [1.165, 1.54) is 0 Å². The fourth-order valence-corrected chi connectivity index (χ4v) is 4.48. The van der Waals surface area contributed by atoms with Crippen LogP contribution in [0.5, 0.6) is 5.75 Å². The quantitative estimate of drug-likeness (QED) is 0.682. The van der Waals surface area contributed by atoms with E-state index in [1.807, 2.05) is 50.4 Å². The molecule has 31 heavy (non-hydrogen) atoms. The maximum absolute atomic E-state index is 12.8. The number of phenols is 1. The molecule has 0 saturated carbocycles. The smallest absolute Gasteiger partial charge is 0.253 e. The van der Waals surface area contributed by atoms with E-state index in [9.17, 15) is 9.90 Å². The summed E-state index contributed by atoms with van der Waals surface area (Å²) in [5, 5.41) is 10.2. The van der Waals surface area contributed by atoms with Crippen molar-refractivity contribution >= 4 is 5.91 Å². The van der Waals surface area contributed by atoms with Gasteiger partial charge in [-0.3, -0.25) is 14.6 Å². The van der Waals surface area contributed by atoms with Gasteiger partial charge in [-0.1, -0.05) is 30.3 Å². The molecular formula is C26H35N3O2. The van der Waals surface area contributed by atoms with Crippen molar-refractivity contribution in [3.8, 4) is 5.75 Å². The zero-order valence-electron chi connectivity index (χ0n) is 19.2. The van der Waals surface area contributed by atoms with Gasteiger partial charge in [-0.25, -0.2) is 0 Å². The van der Waals surface area contributed by atoms with Crippen molar-refractivity contribution in [1.29, 1.82) is 0 Å². The normalized spacial score (nSPS) is 20.9. The molecule has 1 heterocycles. The van der Waals surface area contributed by atoms with Crippen molar-refractivity contribution in [1.82, 2.24) is 14.7 Å². The van der Waals surface area contributed by atoms with Crippen LogP contribution in [-0.4, -0.2) is 71.0 Å². The van der Waals surface area contributed by atoms with E-state index in [0.717, 1.165) is 30.8 Å². The molecule has 3 atom stereocenters. The number of carbonyl (C=O) groups excluding carboxylic acids is 1. The number of amides is 1. The lowest BCUT2D eigenvalue weighted by Gasteiger charge is -2.47. The van der Waals surface area contributed by atoms with Crippen molar-refractivity contribution in [2.75, 3.05) is 33.2 Å². The van der Waals surface area contributed by atoms with Crippen molar-refractivity contribution in [3.63, 3.8) is 0 Å². The van der Waals surface area contributed by atoms with Crippen LogP contribution in [0.4, 0.5) is 0 Å². The maximum atomic E-state index is 12.8. The van der Waals surface area contributed by atoms with Crippen LogP contribution in [0.15, 0.2) is 61.2 Å². The summed E-state index contributed by atoms with van der Waals surface area (Å²) in [6, 6.07) is 16.1. The highest BCUT2D eigenvalue weighted by molar-refractivity contribution is 5.94. The highest BCUT2D eigenvalue weighted by atomic mass is 16.3. The largest absolute Gasteiger partial charge is 0.508 e. The summed E-state index contributed by atoms with van der Waals surface area (Å²) in [6.45, 7) is 13.8. The second kappa shape index (κ2) is 10.1. The van der Waals surface area contributed by atoms with E-state index in [0.29, 0.717) is 24.2 Å². The number of hydrogen-bond donors (Lipinski definition) is 1. The lowest BCUT2D eigenvalue weighted by atomic mass is 9.92. The average molecular weight is 422 g/mol. The minimum atomic E-state index is -0.0462. The fraction of sp³-hybridized carbons (Fsp3) is 0.423. The molecule has 5 nitrogen and oxygen atoms in total. The van der Waals surface area contributed by atoms with Crippen LogP contribution in [0.3, 0.4) is 0 Å². The van der Waals surface area contributed by atoms with Crippen LogP contribution >= 0.6 is 0 Å². The fourth-order valence-electron chi connectivity index (χ4n) is 4.48. The molecular weight excluding hydrogens is 386 g/mol. The molecule has 166 valence electrons. The Bertz CT molecular complexity index is 913. The number of phenolic OH excluding ortho intramolecular Hbond substituents is 1. The summed E-state index contributed by atoms with van der Waals surface area (Å²) in [7, 11) is 1.82. The predicted molar refractivity (Wildman–Crippen MR) is 126 cm³/mol. The lowest BCUT2D eigenvalue weighted by Crippen LogP contribution is -2.57. The minimum Gasteiger partial charge on any atom is -0.508 e. The van der Waals surface area contributed by atoms with Gasteiger partial charge in [0.2, 0.25) is 0 Å². The maximum Gasteiger partial charge on any atom is 0.253 e. The van der Waals surface area contributed by atoms with Crippen LogP contribution in [0, 0.1) is 0 Å². The first kappa shape index (κ1) is 23.0. The van der Waals surface area contributed by atoms with E-state index >= 15 is 0 Å². The third kappa shape index (κ3) is 5.17. The van der Waals surface area contributed by atoms with E-state index in [1.54, 1.807) is 11.0 Å². The first-order chi connectivity index (χ1) is 14.8. The molecule has 1 fully saturated rings. The Balaban J connectivity index is 2.03. The molecule has 1 amide bonds. The Kier molecular flexibility index (Phi) is 7.52. The van der Waals surface area contributed by atoms with Crippen LogP contribution in [0.2, 0.25) is 0 Å². The zero-order valence-corrected chi connectivity index (χ0v) is 19.2. The molecule has 2 aromatic carbocycles. The summed E-state index contributed by atoms with van der Waals surface area (Å²) in [5.41, 5.74) is 2.79. The van der Waals surface area contributed by atoms with Gasteiger partial charge in [0.25, 0.3) is 5.91 Å². The Morgan fingerprint density at radius 3 is 2.48 bits per heavy atom. The topological polar surface area (TPSA) is 47.0 Å². The second-order valence-electron chi connectivity index (χ2n) is 8.58. The molecule has 2 aromatic rings. The number of hydrogen-bond acceptors (Lipinski definition) is 4. The third-order valence-electron chi connectivity index (χ3n) is 6.31. The zero-order chi connectivity index (χ0) is 22.5. The highest BCUT2D eigenvalue weighted by Crippen LogP contribution is 2.35. The van der Waals surface area contributed by atoms with Crippen LogP contribution in [-0.2, 0) is 0 Å². The Morgan fingerprint density at radius 2 is 1.84 bits per heavy atom. The molecule has 3 rings (SSSR count). The number of rotatable bonds is 7. The van der Waals surface area contributed by atoms with Crippen molar-refractivity contribution in [2.45, 2.75) is 38.9 Å². The molecule has 3 unspecified atom stereocenters. The van der Waals surface area contributed by atoms with Gasteiger partial charge in [0.05, 0.1) is 6.04 Å². The van der Waals surface area contributed by atoms with Crippen molar-refractivity contribution < 1.29 is 9.90 Å². The molecule has 1 aliphatic rings. The van der Waals surface area contributed by atoms with Gasteiger partial charge in [-0.05, 0) is 56.2 Å². The van der Waals surface area contributed by atoms with Gasteiger partial charge in [-0.15, -0.1) is 6.58 Å². The van der Waals surface area contributed by atoms with Gasteiger partial charge in [0.15, 0.2) is 0 Å². The third-order valence-corrected chi connectivity index (χ3v) is 6.31.